The van der Waals surface area contributed by atoms with Crippen LogP contribution in [0.5, 0.6) is 0 Å². The summed E-state index contributed by atoms with van der Waals surface area (Å²) < 4.78 is 17.7. The molecule has 21 heavy (non-hydrogen) atoms. The fourth-order valence-electron chi connectivity index (χ4n) is 2.37. The van der Waals surface area contributed by atoms with Crippen molar-refractivity contribution in [3.05, 3.63) is 11.4 Å². The summed E-state index contributed by atoms with van der Waals surface area (Å²) in [6.07, 6.45) is 4.71. The first-order valence-electron chi connectivity index (χ1n) is 7.50. The van der Waals surface area contributed by atoms with Crippen LogP contribution in [0.4, 0.5) is 0 Å². The van der Waals surface area contributed by atoms with Crippen molar-refractivity contribution in [2.45, 2.75) is 51.9 Å². The standard InChI is InChI=1S/C14H23N3O4/c1-3-6-11-13(14(18)19-2)15-16-17(11)8-10-21-12-7-4-5-9-20-12/h12H,3-10H2,1-2H3. The Morgan fingerprint density at radius 2 is 2.33 bits per heavy atom. The lowest BCUT2D eigenvalue weighted by atomic mass is 10.2. The molecule has 1 saturated heterocycles. The molecule has 1 aromatic rings. The van der Waals surface area contributed by atoms with Crippen LogP contribution in [0.3, 0.4) is 0 Å². The molecular formula is C14H23N3O4. The lowest BCUT2D eigenvalue weighted by Gasteiger charge is -2.22. The maximum Gasteiger partial charge on any atom is 0.360 e. The minimum absolute atomic E-state index is 0.114. The zero-order chi connectivity index (χ0) is 15.1. The van der Waals surface area contributed by atoms with Crippen LogP contribution in [0.15, 0.2) is 0 Å². The van der Waals surface area contributed by atoms with Crippen molar-refractivity contribution in [2.24, 2.45) is 0 Å². The number of aromatic nitrogens is 3. The molecule has 0 radical (unpaired) electrons. The average Bonchev–Trinajstić information content (AvgIpc) is 2.91. The van der Waals surface area contributed by atoms with Crippen molar-refractivity contribution in [3.63, 3.8) is 0 Å². The lowest BCUT2D eigenvalue weighted by Crippen LogP contribution is -2.24. The number of carbonyl (C=O) groups excluding carboxylic acids is 1. The third kappa shape index (κ3) is 4.25. The SMILES string of the molecule is CCCc1c(C(=O)OC)nnn1CCOC1CCCCO1. The number of ether oxygens (including phenoxy) is 3. The summed E-state index contributed by atoms with van der Waals surface area (Å²) in [6, 6.07) is 0. The van der Waals surface area contributed by atoms with E-state index in [9.17, 15) is 4.79 Å². The number of rotatable bonds is 7. The molecule has 1 aliphatic heterocycles. The predicted octanol–water partition coefficient (Wildman–Crippen LogP) is 1.56. The number of hydrogen-bond donors (Lipinski definition) is 0. The van der Waals surface area contributed by atoms with Gasteiger partial charge in [-0.3, -0.25) is 0 Å². The van der Waals surface area contributed by atoms with Gasteiger partial charge in [0.05, 0.1) is 26.0 Å². The predicted molar refractivity (Wildman–Crippen MR) is 74.9 cm³/mol. The first-order valence-corrected chi connectivity index (χ1v) is 7.50. The molecule has 0 aliphatic carbocycles. The first-order chi connectivity index (χ1) is 10.3. The molecule has 0 saturated carbocycles. The van der Waals surface area contributed by atoms with Gasteiger partial charge in [0.15, 0.2) is 12.0 Å². The van der Waals surface area contributed by atoms with Crippen molar-refractivity contribution < 1.29 is 19.0 Å². The number of hydrogen-bond acceptors (Lipinski definition) is 6. The molecule has 2 rings (SSSR count). The monoisotopic (exact) mass is 297 g/mol. The maximum atomic E-state index is 11.7. The summed E-state index contributed by atoms with van der Waals surface area (Å²) in [7, 11) is 1.35. The third-order valence-electron chi connectivity index (χ3n) is 3.45. The summed E-state index contributed by atoms with van der Waals surface area (Å²) >= 11 is 0. The fourth-order valence-corrected chi connectivity index (χ4v) is 2.37. The van der Waals surface area contributed by atoms with Gasteiger partial charge < -0.3 is 14.2 Å². The number of nitrogens with zero attached hydrogens (tertiary/aromatic N) is 3. The van der Waals surface area contributed by atoms with Crippen molar-refractivity contribution in [2.75, 3.05) is 20.3 Å². The largest absolute Gasteiger partial charge is 0.464 e. The molecule has 0 amide bonds. The van der Waals surface area contributed by atoms with E-state index in [0.29, 0.717) is 18.8 Å². The number of methoxy groups -OCH3 is 1. The van der Waals surface area contributed by atoms with Gasteiger partial charge in [0, 0.05) is 6.61 Å². The Balaban J connectivity index is 1.92. The van der Waals surface area contributed by atoms with Gasteiger partial charge in [0.2, 0.25) is 0 Å². The Kier molecular flexibility index (Phi) is 6.13. The van der Waals surface area contributed by atoms with Gasteiger partial charge in [-0.2, -0.15) is 0 Å². The molecule has 0 bridgehead atoms. The van der Waals surface area contributed by atoms with Crippen molar-refractivity contribution in [1.82, 2.24) is 15.0 Å². The van der Waals surface area contributed by atoms with Crippen LogP contribution in [0.1, 0.15) is 48.8 Å². The van der Waals surface area contributed by atoms with Crippen LogP contribution >= 0.6 is 0 Å². The van der Waals surface area contributed by atoms with Gasteiger partial charge in [-0.15, -0.1) is 5.10 Å². The quantitative estimate of drug-likeness (QED) is 0.711. The average molecular weight is 297 g/mol. The molecule has 118 valence electrons. The Morgan fingerprint density at radius 3 is 3.00 bits per heavy atom. The summed E-state index contributed by atoms with van der Waals surface area (Å²) in [5, 5.41) is 7.95. The van der Waals surface area contributed by atoms with Crippen molar-refractivity contribution in [3.8, 4) is 0 Å². The molecular weight excluding hydrogens is 274 g/mol. The second kappa shape index (κ2) is 8.09. The molecule has 0 aromatic carbocycles. The summed E-state index contributed by atoms with van der Waals surface area (Å²) in [5.74, 6) is -0.443. The highest BCUT2D eigenvalue weighted by Gasteiger charge is 2.20. The molecule has 1 unspecified atom stereocenters. The van der Waals surface area contributed by atoms with Gasteiger partial charge >= 0.3 is 5.97 Å². The Labute approximate surface area is 124 Å². The highest BCUT2D eigenvalue weighted by Crippen LogP contribution is 2.14. The van der Waals surface area contributed by atoms with Crippen LogP contribution in [0.2, 0.25) is 0 Å². The van der Waals surface area contributed by atoms with E-state index in [0.717, 1.165) is 44.4 Å². The van der Waals surface area contributed by atoms with Crippen LogP contribution in [0.25, 0.3) is 0 Å². The molecule has 1 aromatic heterocycles. The van der Waals surface area contributed by atoms with E-state index in [2.05, 4.69) is 10.3 Å². The Bertz CT molecular complexity index is 455. The highest BCUT2D eigenvalue weighted by molar-refractivity contribution is 5.88. The topological polar surface area (TPSA) is 75.5 Å². The fraction of sp³-hybridized carbons (Fsp3) is 0.786. The van der Waals surface area contributed by atoms with Gasteiger partial charge in [0.1, 0.15) is 0 Å². The van der Waals surface area contributed by atoms with Gasteiger partial charge in [-0.1, -0.05) is 18.6 Å². The molecule has 0 N–H and O–H groups in total. The van der Waals surface area contributed by atoms with Crippen LogP contribution < -0.4 is 0 Å². The zero-order valence-corrected chi connectivity index (χ0v) is 12.7. The minimum Gasteiger partial charge on any atom is -0.464 e. The second-order valence-corrected chi connectivity index (χ2v) is 5.02. The van der Waals surface area contributed by atoms with Crippen LogP contribution in [-0.4, -0.2) is 47.6 Å². The van der Waals surface area contributed by atoms with E-state index >= 15 is 0 Å². The number of esters is 1. The molecule has 1 atom stereocenters. The van der Waals surface area contributed by atoms with Crippen LogP contribution in [-0.2, 0) is 27.2 Å². The summed E-state index contributed by atoms with van der Waals surface area (Å²) in [4.78, 5) is 11.7. The molecule has 1 aliphatic rings. The second-order valence-electron chi connectivity index (χ2n) is 5.02. The van der Waals surface area contributed by atoms with E-state index < -0.39 is 5.97 Å². The van der Waals surface area contributed by atoms with Gasteiger partial charge in [-0.25, -0.2) is 9.48 Å². The van der Waals surface area contributed by atoms with E-state index in [4.69, 9.17) is 14.2 Å². The van der Waals surface area contributed by atoms with Crippen LogP contribution in [0, 0.1) is 0 Å². The van der Waals surface area contributed by atoms with E-state index in [1.54, 1.807) is 4.68 Å². The first kappa shape index (κ1) is 15.9. The van der Waals surface area contributed by atoms with Crippen molar-refractivity contribution >= 4 is 5.97 Å². The number of carbonyl (C=O) groups is 1. The smallest absolute Gasteiger partial charge is 0.360 e. The molecule has 2 heterocycles. The normalized spacial score (nSPS) is 18.7. The summed E-state index contributed by atoms with van der Waals surface area (Å²) in [6.45, 7) is 3.86. The molecule has 1 fully saturated rings. The Morgan fingerprint density at radius 1 is 1.48 bits per heavy atom. The van der Waals surface area contributed by atoms with Gasteiger partial charge in [0.25, 0.3) is 0 Å². The van der Waals surface area contributed by atoms with Crippen molar-refractivity contribution in [1.29, 1.82) is 0 Å². The van der Waals surface area contributed by atoms with Gasteiger partial charge in [-0.05, 0) is 25.7 Å². The summed E-state index contributed by atoms with van der Waals surface area (Å²) in [5.41, 5.74) is 1.10. The maximum absolute atomic E-state index is 11.7. The van der Waals surface area contributed by atoms with E-state index in [1.807, 2.05) is 6.92 Å². The third-order valence-corrected chi connectivity index (χ3v) is 3.45. The molecule has 0 spiro atoms. The highest BCUT2D eigenvalue weighted by atomic mass is 16.7. The Hall–Kier alpha value is -1.47. The zero-order valence-electron chi connectivity index (χ0n) is 12.7. The minimum atomic E-state index is -0.443. The van der Waals surface area contributed by atoms with E-state index in [-0.39, 0.29) is 6.29 Å². The van der Waals surface area contributed by atoms with E-state index in [1.165, 1.54) is 7.11 Å². The molecule has 7 heteroatoms. The lowest BCUT2D eigenvalue weighted by molar-refractivity contribution is -0.163. The molecule has 7 nitrogen and oxygen atoms in total.